The smallest absolute Gasteiger partial charge is 0.261 e. The topological polar surface area (TPSA) is 95.6 Å². The average molecular weight is 498 g/mol. The number of aryl methyl sites for hydroxylation is 2. The Balaban J connectivity index is 1.39. The van der Waals surface area contributed by atoms with E-state index in [0.717, 1.165) is 44.1 Å². The molecule has 188 valence electrons. The first kappa shape index (κ1) is 25.2. The highest BCUT2D eigenvalue weighted by molar-refractivity contribution is 7.92. The normalized spacial score (nSPS) is 18.1. The molecule has 1 atom stereocenters. The third-order valence-corrected chi connectivity index (χ3v) is 8.16. The SMILES string of the molecule is CC(C)CNC(=O)[C@@H]1CCCN(C(=O)c2ccc(NS(=O)(=O)c3ccc4c(c3)CCCC4)cc2)C1. The van der Waals surface area contributed by atoms with Crippen molar-refractivity contribution >= 4 is 27.5 Å². The first-order valence-electron chi connectivity index (χ1n) is 12.5. The van der Waals surface area contributed by atoms with Crippen LogP contribution in [0.2, 0.25) is 0 Å². The van der Waals surface area contributed by atoms with Crippen LogP contribution in [0.1, 0.15) is 61.0 Å². The second kappa shape index (κ2) is 10.8. The molecule has 1 saturated heterocycles. The summed E-state index contributed by atoms with van der Waals surface area (Å²) >= 11 is 0. The van der Waals surface area contributed by atoms with Gasteiger partial charge in [0, 0.05) is 30.9 Å². The van der Waals surface area contributed by atoms with Crippen LogP contribution in [0.5, 0.6) is 0 Å². The van der Waals surface area contributed by atoms with Crippen LogP contribution in [-0.2, 0) is 27.7 Å². The van der Waals surface area contributed by atoms with Gasteiger partial charge in [-0.15, -0.1) is 0 Å². The lowest BCUT2D eigenvalue weighted by atomic mass is 9.92. The largest absolute Gasteiger partial charge is 0.356 e. The first-order chi connectivity index (χ1) is 16.7. The van der Waals surface area contributed by atoms with Gasteiger partial charge in [0.15, 0.2) is 0 Å². The quantitative estimate of drug-likeness (QED) is 0.605. The number of fused-ring (bicyclic) bond motifs is 1. The van der Waals surface area contributed by atoms with Gasteiger partial charge in [0.1, 0.15) is 0 Å². The molecule has 1 fully saturated rings. The van der Waals surface area contributed by atoms with E-state index in [2.05, 4.69) is 10.0 Å². The Morgan fingerprint density at radius 1 is 1.00 bits per heavy atom. The van der Waals surface area contributed by atoms with E-state index in [1.807, 2.05) is 19.9 Å². The van der Waals surface area contributed by atoms with Gasteiger partial charge in [0.25, 0.3) is 15.9 Å². The molecular formula is C27H35N3O4S. The molecule has 1 aliphatic heterocycles. The van der Waals surface area contributed by atoms with Crippen molar-refractivity contribution < 1.29 is 18.0 Å². The van der Waals surface area contributed by atoms with Crippen molar-refractivity contribution in [2.45, 2.75) is 57.3 Å². The summed E-state index contributed by atoms with van der Waals surface area (Å²) in [6.45, 7) is 5.74. The van der Waals surface area contributed by atoms with Crippen molar-refractivity contribution in [3.63, 3.8) is 0 Å². The van der Waals surface area contributed by atoms with Gasteiger partial charge < -0.3 is 10.2 Å². The highest BCUT2D eigenvalue weighted by Crippen LogP contribution is 2.26. The van der Waals surface area contributed by atoms with E-state index in [1.165, 1.54) is 5.56 Å². The predicted octanol–water partition coefficient (Wildman–Crippen LogP) is 3.99. The minimum absolute atomic E-state index is 0.00290. The number of piperidine rings is 1. The number of nitrogens with zero attached hydrogens (tertiary/aromatic N) is 1. The molecule has 0 bridgehead atoms. The number of likely N-dealkylation sites (tertiary alicyclic amines) is 1. The number of carbonyl (C=O) groups excluding carboxylic acids is 2. The second-order valence-electron chi connectivity index (χ2n) is 10.0. The highest BCUT2D eigenvalue weighted by atomic mass is 32.2. The summed E-state index contributed by atoms with van der Waals surface area (Å²) in [5.74, 6) is 0.0381. The van der Waals surface area contributed by atoms with Crippen LogP contribution < -0.4 is 10.0 Å². The van der Waals surface area contributed by atoms with Crippen molar-refractivity contribution in [2.24, 2.45) is 11.8 Å². The van der Waals surface area contributed by atoms with E-state index < -0.39 is 10.0 Å². The van der Waals surface area contributed by atoms with Gasteiger partial charge >= 0.3 is 0 Å². The molecule has 0 aromatic heterocycles. The Kier molecular flexibility index (Phi) is 7.79. The zero-order valence-corrected chi connectivity index (χ0v) is 21.4. The number of hydrogen-bond acceptors (Lipinski definition) is 4. The van der Waals surface area contributed by atoms with Crippen molar-refractivity contribution in [3.05, 3.63) is 59.2 Å². The molecule has 1 heterocycles. The maximum Gasteiger partial charge on any atom is 0.261 e. The molecule has 0 unspecified atom stereocenters. The molecule has 1 aliphatic carbocycles. The number of sulfonamides is 1. The summed E-state index contributed by atoms with van der Waals surface area (Å²) in [5.41, 5.74) is 3.22. The Morgan fingerprint density at radius 2 is 1.71 bits per heavy atom. The summed E-state index contributed by atoms with van der Waals surface area (Å²) in [6, 6.07) is 11.8. The monoisotopic (exact) mass is 497 g/mol. The fourth-order valence-corrected chi connectivity index (χ4v) is 5.89. The predicted molar refractivity (Wildman–Crippen MR) is 137 cm³/mol. The molecule has 0 radical (unpaired) electrons. The molecule has 2 aromatic rings. The number of carbonyl (C=O) groups is 2. The molecule has 0 spiro atoms. The molecule has 2 amide bonds. The summed E-state index contributed by atoms with van der Waals surface area (Å²) < 4.78 is 28.5. The van der Waals surface area contributed by atoms with E-state index in [4.69, 9.17) is 0 Å². The van der Waals surface area contributed by atoms with Crippen LogP contribution in [0.4, 0.5) is 5.69 Å². The summed E-state index contributed by atoms with van der Waals surface area (Å²) in [4.78, 5) is 27.5. The molecule has 0 saturated carbocycles. The van der Waals surface area contributed by atoms with Crippen molar-refractivity contribution in [1.82, 2.24) is 10.2 Å². The fraction of sp³-hybridized carbons (Fsp3) is 0.481. The standard InChI is InChI=1S/C27H35N3O4S/c1-19(2)17-28-26(31)23-8-5-15-30(18-23)27(32)21-9-12-24(13-10-21)29-35(33,34)25-14-11-20-6-3-4-7-22(20)16-25/h9-14,16,19,23,29H,3-8,15,17-18H2,1-2H3,(H,28,31)/t23-/m1/s1. The minimum Gasteiger partial charge on any atom is -0.356 e. The number of anilines is 1. The lowest BCUT2D eigenvalue weighted by Gasteiger charge is -2.32. The summed E-state index contributed by atoms with van der Waals surface area (Å²) in [7, 11) is -3.72. The first-order valence-corrected chi connectivity index (χ1v) is 14.0. The van der Waals surface area contributed by atoms with Crippen LogP contribution in [0.3, 0.4) is 0 Å². The van der Waals surface area contributed by atoms with Gasteiger partial charge in [-0.25, -0.2) is 8.42 Å². The van der Waals surface area contributed by atoms with Crippen molar-refractivity contribution in [1.29, 1.82) is 0 Å². The third kappa shape index (κ3) is 6.23. The van der Waals surface area contributed by atoms with Crippen LogP contribution in [0, 0.1) is 11.8 Å². The van der Waals surface area contributed by atoms with Crippen LogP contribution in [0.15, 0.2) is 47.4 Å². The Labute approximate surface area is 208 Å². The Morgan fingerprint density at radius 3 is 2.43 bits per heavy atom. The molecular weight excluding hydrogens is 462 g/mol. The lowest BCUT2D eigenvalue weighted by molar-refractivity contribution is -0.126. The fourth-order valence-electron chi connectivity index (χ4n) is 4.78. The zero-order chi connectivity index (χ0) is 25.0. The number of rotatable bonds is 7. The summed E-state index contributed by atoms with van der Waals surface area (Å²) in [5, 5.41) is 2.97. The van der Waals surface area contributed by atoms with Gasteiger partial charge in [-0.1, -0.05) is 19.9 Å². The minimum atomic E-state index is -3.72. The van der Waals surface area contributed by atoms with Crippen LogP contribution in [-0.4, -0.2) is 44.8 Å². The molecule has 35 heavy (non-hydrogen) atoms. The zero-order valence-electron chi connectivity index (χ0n) is 20.5. The number of amides is 2. The molecule has 8 heteroatoms. The molecule has 2 aliphatic rings. The highest BCUT2D eigenvalue weighted by Gasteiger charge is 2.29. The number of nitrogens with one attached hydrogen (secondary N) is 2. The van der Waals surface area contributed by atoms with Gasteiger partial charge in [0.05, 0.1) is 10.8 Å². The number of benzene rings is 2. The van der Waals surface area contributed by atoms with E-state index >= 15 is 0 Å². The van der Waals surface area contributed by atoms with Gasteiger partial charge in [-0.2, -0.15) is 0 Å². The number of hydrogen-bond donors (Lipinski definition) is 2. The van der Waals surface area contributed by atoms with E-state index in [1.54, 1.807) is 41.3 Å². The Hall–Kier alpha value is -2.87. The second-order valence-corrected chi connectivity index (χ2v) is 11.7. The van der Waals surface area contributed by atoms with E-state index in [9.17, 15) is 18.0 Å². The molecule has 2 N–H and O–H groups in total. The van der Waals surface area contributed by atoms with E-state index in [-0.39, 0.29) is 22.6 Å². The molecule has 7 nitrogen and oxygen atoms in total. The van der Waals surface area contributed by atoms with Crippen LogP contribution in [0.25, 0.3) is 0 Å². The maximum absolute atomic E-state index is 13.0. The van der Waals surface area contributed by atoms with Gasteiger partial charge in [-0.05, 0) is 92.0 Å². The Bertz CT molecular complexity index is 1180. The van der Waals surface area contributed by atoms with Crippen LogP contribution >= 0.6 is 0 Å². The lowest BCUT2D eigenvalue weighted by Crippen LogP contribution is -2.46. The average Bonchev–Trinajstić information content (AvgIpc) is 2.87. The van der Waals surface area contributed by atoms with Gasteiger partial charge in [-0.3, -0.25) is 14.3 Å². The summed E-state index contributed by atoms with van der Waals surface area (Å²) in [6.07, 6.45) is 5.69. The van der Waals surface area contributed by atoms with Crippen molar-refractivity contribution in [3.8, 4) is 0 Å². The van der Waals surface area contributed by atoms with Crippen molar-refractivity contribution in [2.75, 3.05) is 24.4 Å². The third-order valence-electron chi connectivity index (χ3n) is 6.78. The van der Waals surface area contributed by atoms with Gasteiger partial charge in [0.2, 0.25) is 5.91 Å². The molecule has 4 rings (SSSR count). The van der Waals surface area contributed by atoms with E-state index in [0.29, 0.717) is 36.8 Å². The molecule has 2 aromatic carbocycles. The maximum atomic E-state index is 13.0.